The second-order valence-corrected chi connectivity index (χ2v) is 8.02. The zero-order chi connectivity index (χ0) is 17.7. The molecular formula is C17H18F2N4O2S. The minimum Gasteiger partial charge on any atom is -0.455 e. The molecule has 4 aliphatic heterocycles. The van der Waals surface area contributed by atoms with Gasteiger partial charge in [-0.25, -0.2) is 9.98 Å². The number of fused-ring (bicyclic) bond motifs is 3. The number of alkyl halides is 2. The van der Waals surface area contributed by atoms with Crippen molar-refractivity contribution >= 4 is 32.7 Å². The Kier molecular flexibility index (Phi) is 3.75. The first-order chi connectivity index (χ1) is 12.6. The molecule has 4 aliphatic rings. The fourth-order valence-corrected chi connectivity index (χ4v) is 5.06. The Morgan fingerprint density at radius 2 is 2.19 bits per heavy atom. The number of hydrogen-bond donors (Lipinski definition) is 1. The van der Waals surface area contributed by atoms with Crippen LogP contribution in [0.4, 0.5) is 13.9 Å². The van der Waals surface area contributed by atoms with Gasteiger partial charge in [0.15, 0.2) is 5.13 Å². The number of hydrogen-bond acceptors (Lipinski definition) is 7. The average Bonchev–Trinajstić information content (AvgIpc) is 3.19. The van der Waals surface area contributed by atoms with Crippen molar-refractivity contribution in [1.82, 2.24) is 9.88 Å². The third-order valence-electron chi connectivity index (χ3n) is 5.41. The Labute approximate surface area is 152 Å². The molecule has 0 saturated carbocycles. The standard InChI is InChI=1S/C17H18F2N4O2S/c18-14(19)24-11-1-2-12-13(7-11)26-16(21-12)22-15-20-8-17(25-15)9-23-5-3-10(17)4-6-23/h1-2,7,10,14H,3-6,8-9H2,(H,20,21,22)/t17-/m0/s1. The van der Waals surface area contributed by atoms with Crippen molar-refractivity contribution in [2.75, 3.05) is 31.5 Å². The van der Waals surface area contributed by atoms with Gasteiger partial charge < -0.3 is 9.47 Å². The molecule has 138 valence electrons. The zero-order valence-electron chi connectivity index (χ0n) is 14.0. The average molecular weight is 380 g/mol. The van der Waals surface area contributed by atoms with Gasteiger partial charge in [0, 0.05) is 12.5 Å². The Balaban J connectivity index is 1.31. The molecule has 3 fully saturated rings. The Morgan fingerprint density at radius 1 is 1.35 bits per heavy atom. The van der Waals surface area contributed by atoms with Crippen molar-refractivity contribution in [2.24, 2.45) is 10.9 Å². The van der Waals surface area contributed by atoms with Gasteiger partial charge in [-0.05, 0) is 44.1 Å². The van der Waals surface area contributed by atoms with Crippen LogP contribution >= 0.6 is 11.3 Å². The van der Waals surface area contributed by atoms with E-state index in [4.69, 9.17) is 4.74 Å². The number of benzene rings is 1. The largest absolute Gasteiger partial charge is 0.455 e. The fraction of sp³-hybridized carbons (Fsp3) is 0.529. The van der Waals surface area contributed by atoms with E-state index in [1.54, 1.807) is 12.1 Å². The molecule has 1 N–H and O–H groups in total. The number of rotatable bonds is 3. The number of ether oxygens (including phenoxy) is 2. The molecule has 1 spiro atoms. The molecule has 5 heterocycles. The normalized spacial score (nSPS) is 30.0. The van der Waals surface area contributed by atoms with E-state index in [1.165, 1.54) is 17.4 Å². The van der Waals surface area contributed by atoms with E-state index in [-0.39, 0.29) is 11.4 Å². The second-order valence-electron chi connectivity index (χ2n) is 6.99. The maximum atomic E-state index is 12.4. The minimum absolute atomic E-state index is 0.128. The molecule has 1 aromatic heterocycles. The van der Waals surface area contributed by atoms with Gasteiger partial charge >= 0.3 is 6.61 Å². The number of aliphatic imine (C=N–C) groups is 1. The Bertz CT molecular complexity index is 866. The number of aromatic nitrogens is 1. The summed E-state index contributed by atoms with van der Waals surface area (Å²) >= 11 is 1.36. The van der Waals surface area contributed by atoms with E-state index in [1.807, 2.05) is 0 Å². The zero-order valence-corrected chi connectivity index (χ0v) is 14.8. The Morgan fingerprint density at radius 3 is 2.92 bits per heavy atom. The van der Waals surface area contributed by atoms with E-state index < -0.39 is 6.61 Å². The van der Waals surface area contributed by atoms with Crippen LogP contribution in [0.15, 0.2) is 23.2 Å². The van der Waals surface area contributed by atoms with Crippen LogP contribution in [0.2, 0.25) is 0 Å². The number of halogens is 2. The molecule has 0 amide bonds. The quantitative estimate of drug-likeness (QED) is 0.886. The molecule has 2 bridgehead atoms. The molecule has 3 saturated heterocycles. The van der Waals surface area contributed by atoms with Crippen molar-refractivity contribution in [2.45, 2.75) is 25.1 Å². The summed E-state index contributed by atoms with van der Waals surface area (Å²) in [7, 11) is 0. The molecular weight excluding hydrogens is 362 g/mol. The molecule has 1 atom stereocenters. The van der Waals surface area contributed by atoms with Gasteiger partial charge in [-0.2, -0.15) is 8.78 Å². The number of anilines is 1. The second kappa shape index (κ2) is 6.02. The van der Waals surface area contributed by atoms with Crippen LogP contribution in [0, 0.1) is 5.92 Å². The van der Waals surface area contributed by atoms with Gasteiger partial charge in [0.25, 0.3) is 6.02 Å². The first-order valence-corrected chi connectivity index (χ1v) is 9.50. The molecule has 6 nitrogen and oxygen atoms in total. The summed E-state index contributed by atoms with van der Waals surface area (Å²) in [5.74, 6) is 0.684. The van der Waals surface area contributed by atoms with Crippen LogP contribution in [0.5, 0.6) is 5.75 Å². The highest BCUT2D eigenvalue weighted by Gasteiger charge is 2.51. The summed E-state index contributed by atoms with van der Waals surface area (Å²) in [6.45, 7) is 1.07. The maximum Gasteiger partial charge on any atom is 0.387 e. The smallest absolute Gasteiger partial charge is 0.387 e. The highest BCUT2D eigenvalue weighted by atomic mass is 32.1. The topological polar surface area (TPSA) is 59.0 Å². The van der Waals surface area contributed by atoms with Crippen molar-refractivity contribution < 1.29 is 18.3 Å². The summed E-state index contributed by atoms with van der Waals surface area (Å²) in [5, 5.41) is 3.78. The van der Waals surface area contributed by atoms with Crippen molar-refractivity contribution in [3.63, 3.8) is 0 Å². The predicted molar refractivity (Wildman–Crippen MR) is 95.2 cm³/mol. The maximum absolute atomic E-state index is 12.4. The highest BCUT2D eigenvalue weighted by Crippen LogP contribution is 2.41. The monoisotopic (exact) mass is 380 g/mol. The summed E-state index contributed by atoms with van der Waals surface area (Å²) in [6, 6.07) is 5.23. The van der Waals surface area contributed by atoms with Crippen LogP contribution in [0.3, 0.4) is 0 Å². The third-order valence-corrected chi connectivity index (χ3v) is 6.35. The van der Waals surface area contributed by atoms with Crippen LogP contribution < -0.4 is 10.1 Å². The first-order valence-electron chi connectivity index (χ1n) is 8.68. The van der Waals surface area contributed by atoms with Crippen LogP contribution in [-0.4, -0.2) is 54.3 Å². The SMILES string of the molecule is FC(F)Oc1ccc2nc(NC3=NC[C@@]4(CN5CCC4CC5)O3)sc2c1. The van der Waals surface area contributed by atoms with E-state index >= 15 is 0 Å². The third kappa shape index (κ3) is 2.79. The van der Waals surface area contributed by atoms with Gasteiger partial charge in [0.1, 0.15) is 11.4 Å². The predicted octanol–water partition coefficient (Wildman–Crippen LogP) is 3.16. The summed E-state index contributed by atoms with van der Waals surface area (Å²) in [6.07, 6.45) is 2.33. The molecule has 0 unspecified atom stereocenters. The summed E-state index contributed by atoms with van der Waals surface area (Å²) in [5.41, 5.74) is 0.517. The van der Waals surface area contributed by atoms with Gasteiger partial charge in [0.05, 0.1) is 16.8 Å². The lowest BCUT2D eigenvalue weighted by Crippen LogP contribution is -2.61. The van der Waals surface area contributed by atoms with Crippen molar-refractivity contribution in [1.29, 1.82) is 0 Å². The van der Waals surface area contributed by atoms with Gasteiger partial charge in [0.2, 0.25) is 0 Å². The molecule has 6 rings (SSSR count). The van der Waals surface area contributed by atoms with E-state index in [2.05, 4.69) is 24.9 Å². The molecule has 9 heteroatoms. The van der Waals surface area contributed by atoms with Gasteiger partial charge in [-0.15, -0.1) is 0 Å². The van der Waals surface area contributed by atoms with Gasteiger partial charge in [-0.1, -0.05) is 11.3 Å². The van der Waals surface area contributed by atoms with Crippen molar-refractivity contribution in [3.05, 3.63) is 18.2 Å². The summed E-state index contributed by atoms with van der Waals surface area (Å²) < 4.78 is 36.1. The van der Waals surface area contributed by atoms with E-state index in [9.17, 15) is 8.78 Å². The molecule has 2 aromatic rings. The number of nitrogens with one attached hydrogen (secondary N) is 1. The number of nitrogens with zero attached hydrogens (tertiary/aromatic N) is 3. The van der Waals surface area contributed by atoms with E-state index in [0.717, 1.165) is 42.7 Å². The van der Waals surface area contributed by atoms with Crippen LogP contribution in [0.25, 0.3) is 10.2 Å². The lowest BCUT2D eigenvalue weighted by Gasteiger charge is -2.50. The molecule has 0 aliphatic carbocycles. The Hall–Kier alpha value is -2.00. The number of thiazole rings is 1. The fourth-order valence-electron chi connectivity index (χ4n) is 4.17. The minimum atomic E-state index is -2.84. The van der Waals surface area contributed by atoms with E-state index in [0.29, 0.717) is 23.6 Å². The molecule has 0 radical (unpaired) electrons. The molecule has 26 heavy (non-hydrogen) atoms. The lowest BCUT2D eigenvalue weighted by molar-refractivity contribution is -0.0829. The highest BCUT2D eigenvalue weighted by molar-refractivity contribution is 7.22. The lowest BCUT2D eigenvalue weighted by atomic mass is 9.75. The number of piperidine rings is 3. The van der Waals surface area contributed by atoms with Gasteiger partial charge in [-0.3, -0.25) is 10.2 Å². The van der Waals surface area contributed by atoms with Crippen LogP contribution in [0.1, 0.15) is 12.8 Å². The first kappa shape index (κ1) is 16.2. The van der Waals surface area contributed by atoms with Crippen LogP contribution in [-0.2, 0) is 4.74 Å². The number of amidine groups is 1. The molecule has 1 aromatic carbocycles. The summed E-state index contributed by atoms with van der Waals surface area (Å²) in [4.78, 5) is 11.5. The van der Waals surface area contributed by atoms with Crippen molar-refractivity contribution in [3.8, 4) is 5.75 Å².